The van der Waals surface area contributed by atoms with Crippen LogP contribution in [0, 0.1) is 0 Å². The van der Waals surface area contributed by atoms with Crippen LogP contribution in [0.1, 0.15) is 5.56 Å². The van der Waals surface area contributed by atoms with Crippen LogP contribution in [-0.2, 0) is 23.9 Å². The third-order valence-electron chi connectivity index (χ3n) is 4.97. The van der Waals surface area contributed by atoms with E-state index in [4.69, 9.17) is 9.47 Å². The quantitative estimate of drug-likeness (QED) is 0.422. The van der Waals surface area contributed by atoms with Gasteiger partial charge in [-0.05, 0) is 41.6 Å². The maximum absolute atomic E-state index is 12.5. The van der Waals surface area contributed by atoms with Crippen LogP contribution < -0.4 is 15.0 Å². The number of benzene rings is 1. The molecule has 0 unspecified atom stereocenters. The fourth-order valence-electron chi connectivity index (χ4n) is 3.31. The summed E-state index contributed by atoms with van der Waals surface area (Å²) in [4.78, 5) is 67.5. The first kappa shape index (κ1) is 24.0. The van der Waals surface area contributed by atoms with Crippen LogP contribution in [0.15, 0.2) is 53.7 Å². The molecule has 0 atom stereocenters. The fourth-order valence-corrected chi connectivity index (χ4v) is 4.18. The van der Waals surface area contributed by atoms with E-state index in [-0.39, 0.29) is 31.1 Å². The molecule has 1 aromatic carbocycles. The van der Waals surface area contributed by atoms with Crippen molar-refractivity contribution in [2.75, 3.05) is 37.7 Å². The highest BCUT2D eigenvalue weighted by atomic mass is 32.2. The molecule has 12 heteroatoms. The van der Waals surface area contributed by atoms with Crippen LogP contribution in [0.25, 0.3) is 6.08 Å². The maximum atomic E-state index is 12.5. The predicted octanol–water partition coefficient (Wildman–Crippen LogP) is 1.20. The van der Waals surface area contributed by atoms with E-state index >= 15 is 0 Å². The van der Waals surface area contributed by atoms with E-state index in [0.29, 0.717) is 17.0 Å². The average molecular weight is 497 g/mol. The van der Waals surface area contributed by atoms with Gasteiger partial charge >= 0.3 is 5.97 Å². The lowest BCUT2D eigenvalue weighted by molar-refractivity contribution is -0.147. The van der Waals surface area contributed by atoms with E-state index in [0.717, 1.165) is 16.7 Å². The Balaban J connectivity index is 1.21. The zero-order chi connectivity index (χ0) is 24.8. The molecule has 35 heavy (non-hydrogen) atoms. The van der Waals surface area contributed by atoms with Crippen molar-refractivity contribution >= 4 is 52.5 Å². The molecular weight excluding hydrogens is 476 g/mol. The Morgan fingerprint density at radius 1 is 1.14 bits per heavy atom. The first-order valence-corrected chi connectivity index (χ1v) is 11.3. The first-order chi connectivity index (χ1) is 16.9. The molecule has 2 aliphatic rings. The highest BCUT2D eigenvalue weighted by molar-refractivity contribution is 8.18. The standard InChI is InChI=1S/C23H20N4O7S/c28-19(13-34-21(30)12-27-16-5-1-2-6-17(16)33-14-20(27)29)25-8-9-26-22(31)18(35-23(26)32)10-15-4-3-7-24-11-15/h1-7,10-11H,8-9,12-14H2,(H,25,28)/b18-10-. The van der Waals surface area contributed by atoms with Gasteiger partial charge in [0.2, 0.25) is 0 Å². The number of rotatable bonds is 8. The monoisotopic (exact) mass is 496 g/mol. The number of aromatic nitrogens is 1. The van der Waals surface area contributed by atoms with Crippen LogP contribution in [0.2, 0.25) is 0 Å². The molecule has 1 N–H and O–H groups in total. The van der Waals surface area contributed by atoms with Crippen LogP contribution in [0.3, 0.4) is 0 Å². The molecule has 0 radical (unpaired) electrons. The Morgan fingerprint density at radius 2 is 1.97 bits per heavy atom. The van der Waals surface area contributed by atoms with Crippen LogP contribution in [-0.4, -0.2) is 71.7 Å². The normalized spacial score (nSPS) is 16.2. The van der Waals surface area contributed by atoms with E-state index < -0.39 is 35.5 Å². The predicted molar refractivity (Wildman–Crippen MR) is 125 cm³/mol. The van der Waals surface area contributed by atoms with E-state index in [2.05, 4.69) is 10.3 Å². The summed E-state index contributed by atoms with van der Waals surface area (Å²) >= 11 is 0.809. The third-order valence-corrected chi connectivity index (χ3v) is 5.88. The highest BCUT2D eigenvalue weighted by Gasteiger charge is 2.34. The van der Waals surface area contributed by atoms with Crippen LogP contribution >= 0.6 is 11.8 Å². The number of anilines is 1. The minimum absolute atomic E-state index is 0.01000. The minimum atomic E-state index is -0.767. The molecular formula is C23H20N4O7S. The van der Waals surface area contributed by atoms with E-state index in [1.807, 2.05) is 0 Å². The summed E-state index contributed by atoms with van der Waals surface area (Å²) in [6.45, 7) is -1.18. The number of nitrogens with zero attached hydrogens (tertiary/aromatic N) is 3. The van der Waals surface area contributed by atoms with Gasteiger partial charge in [0.1, 0.15) is 12.3 Å². The second-order valence-electron chi connectivity index (χ2n) is 7.37. The van der Waals surface area contributed by atoms with Gasteiger partial charge in [0, 0.05) is 25.5 Å². The average Bonchev–Trinajstić information content (AvgIpc) is 3.12. The Morgan fingerprint density at radius 3 is 2.77 bits per heavy atom. The number of fused-ring (bicyclic) bond motifs is 1. The van der Waals surface area contributed by atoms with Crippen LogP contribution in [0.4, 0.5) is 10.5 Å². The molecule has 180 valence electrons. The topological polar surface area (TPSA) is 135 Å². The molecule has 11 nitrogen and oxygen atoms in total. The Labute approximate surface area is 204 Å². The molecule has 0 saturated carbocycles. The third kappa shape index (κ3) is 5.84. The summed E-state index contributed by atoms with van der Waals surface area (Å²) < 4.78 is 10.3. The molecule has 0 aliphatic carbocycles. The summed E-state index contributed by atoms with van der Waals surface area (Å²) in [6.07, 6.45) is 4.75. The number of esters is 1. The van der Waals surface area contributed by atoms with E-state index in [1.165, 1.54) is 4.90 Å². The van der Waals surface area contributed by atoms with Crippen molar-refractivity contribution in [1.82, 2.24) is 15.2 Å². The van der Waals surface area contributed by atoms with Crippen molar-refractivity contribution < 1.29 is 33.4 Å². The zero-order valence-electron chi connectivity index (χ0n) is 18.3. The van der Waals surface area contributed by atoms with Crippen molar-refractivity contribution in [3.8, 4) is 5.75 Å². The highest BCUT2D eigenvalue weighted by Crippen LogP contribution is 2.32. The molecule has 1 saturated heterocycles. The second-order valence-corrected chi connectivity index (χ2v) is 8.36. The van der Waals surface area contributed by atoms with E-state index in [9.17, 15) is 24.0 Å². The number of imide groups is 1. The van der Waals surface area contributed by atoms with Gasteiger partial charge in [-0.25, -0.2) is 0 Å². The number of para-hydroxylation sites is 2. The van der Waals surface area contributed by atoms with Gasteiger partial charge in [-0.2, -0.15) is 0 Å². The van der Waals surface area contributed by atoms with Crippen molar-refractivity contribution in [2.45, 2.75) is 0 Å². The molecule has 1 aromatic heterocycles. The lowest BCUT2D eigenvalue weighted by atomic mass is 10.2. The number of nitrogens with one attached hydrogen (secondary N) is 1. The molecule has 3 heterocycles. The van der Waals surface area contributed by atoms with Crippen molar-refractivity contribution in [3.05, 3.63) is 59.3 Å². The Kier molecular flexibility index (Phi) is 7.41. The molecule has 0 bridgehead atoms. The van der Waals surface area contributed by atoms with Crippen molar-refractivity contribution in [2.24, 2.45) is 0 Å². The van der Waals surface area contributed by atoms with Gasteiger partial charge in [-0.1, -0.05) is 18.2 Å². The maximum Gasteiger partial charge on any atom is 0.326 e. The zero-order valence-corrected chi connectivity index (χ0v) is 19.2. The molecule has 4 amide bonds. The Hall–Kier alpha value is -4.19. The van der Waals surface area contributed by atoms with E-state index in [1.54, 1.807) is 54.9 Å². The first-order valence-electron chi connectivity index (χ1n) is 10.5. The van der Waals surface area contributed by atoms with Crippen LogP contribution in [0.5, 0.6) is 5.75 Å². The number of pyridine rings is 1. The number of carbonyl (C=O) groups is 5. The van der Waals surface area contributed by atoms with Gasteiger partial charge in [0.05, 0.1) is 10.6 Å². The van der Waals surface area contributed by atoms with Gasteiger partial charge < -0.3 is 14.8 Å². The van der Waals surface area contributed by atoms with Crippen molar-refractivity contribution in [1.29, 1.82) is 0 Å². The largest absolute Gasteiger partial charge is 0.482 e. The number of carbonyl (C=O) groups excluding carboxylic acids is 5. The lowest BCUT2D eigenvalue weighted by Gasteiger charge is -2.28. The molecule has 0 spiro atoms. The summed E-state index contributed by atoms with van der Waals surface area (Å²) in [5, 5.41) is 2.05. The Bertz CT molecular complexity index is 1200. The summed E-state index contributed by atoms with van der Waals surface area (Å²) in [6, 6.07) is 10.3. The summed E-state index contributed by atoms with van der Waals surface area (Å²) in [5.74, 6) is -1.76. The number of ether oxygens (including phenoxy) is 2. The smallest absolute Gasteiger partial charge is 0.326 e. The molecule has 1 fully saturated rings. The SMILES string of the molecule is O=C(COC(=O)CN1C(=O)COc2ccccc21)NCCN1C(=O)S/C(=C\c2cccnc2)C1=O. The second kappa shape index (κ2) is 10.8. The number of hydrogen-bond donors (Lipinski definition) is 1. The van der Waals surface area contributed by atoms with Gasteiger partial charge in [-0.15, -0.1) is 0 Å². The number of amides is 4. The lowest BCUT2D eigenvalue weighted by Crippen LogP contribution is -2.43. The number of hydrogen-bond acceptors (Lipinski definition) is 9. The minimum Gasteiger partial charge on any atom is -0.482 e. The molecule has 4 rings (SSSR count). The van der Waals surface area contributed by atoms with Gasteiger partial charge in [0.25, 0.3) is 23.0 Å². The van der Waals surface area contributed by atoms with Gasteiger partial charge in [0.15, 0.2) is 13.2 Å². The number of thioether (sulfide) groups is 1. The molecule has 2 aromatic rings. The fraction of sp³-hybridized carbons (Fsp3) is 0.217. The summed E-state index contributed by atoms with van der Waals surface area (Å²) in [7, 11) is 0. The van der Waals surface area contributed by atoms with Crippen molar-refractivity contribution in [3.63, 3.8) is 0 Å². The van der Waals surface area contributed by atoms with Gasteiger partial charge in [-0.3, -0.25) is 38.8 Å². The summed E-state index contributed by atoms with van der Waals surface area (Å²) in [5.41, 5.74) is 1.13. The molecule has 2 aliphatic heterocycles.